The lowest BCUT2D eigenvalue weighted by Crippen LogP contribution is -2.34. The van der Waals surface area contributed by atoms with E-state index in [9.17, 15) is 22.0 Å². The van der Waals surface area contributed by atoms with Gasteiger partial charge in [0.25, 0.3) is 10.0 Å². The summed E-state index contributed by atoms with van der Waals surface area (Å²) in [7, 11) is -3.61. The summed E-state index contributed by atoms with van der Waals surface area (Å²) in [5.74, 6) is -3.93. The number of benzene rings is 2. The Hall–Kier alpha value is -3.24. The zero-order chi connectivity index (χ0) is 22.6. The Balaban J connectivity index is 2.05. The van der Waals surface area contributed by atoms with E-state index in [4.69, 9.17) is 4.74 Å². The largest absolute Gasteiger partial charge is 0.363 e. The van der Waals surface area contributed by atoms with Crippen LogP contribution in [0.15, 0.2) is 65.8 Å². The first kappa shape index (κ1) is 22.4. The molecule has 6 nitrogen and oxygen atoms in total. The number of hydrogen-bond donors (Lipinski definition) is 0. The number of sulfonamides is 1. The van der Waals surface area contributed by atoms with E-state index < -0.39 is 50.6 Å². The fourth-order valence-electron chi connectivity index (χ4n) is 2.89. The molecule has 0 atom stereocenters. The number of ether oxygens (including phenoxy) is 1. The zero-order valence-electron chi connectivity index (χ0n) is 16.3. The number of aromatic nitrogens is 1. The van der Waals surface area contributed by atoms with Gasteiger partial charge in [0.2, 0.25) is 0 Å². The summed E-state index contributed by atoms with van der Waals surface area (Å²) in [6.07, 6.45) is 2.82. The van der Waals surface area contributed by atoms with Gasteiger partial charge in [-0.25, -0.2) is 25.9 Å². The Bertz CT molecular complexity index is 1200. The molecule has 0 spiro atoms. The van der Waals surface area contributed by atoms with Gasteiger partial charge in [-0.05, 0) is 48.0 Å². The van der Waals surface area contributed by atoms with Crippen molar-refractivity contribution in [2.75, 3.05) is 18.1 Å². The molecule has 2 aromatic carbocycles. The number of nitrogens with zero attached hydrogens (tertiary/aromatic N) is 2. The Morgan fingerprint density at radius 3 is 2.45 bits per heavy atom. The smallest absolute Gasteiger partial charge is 0.269 e. The van der Waals surface area contributed by atoms with Gasteiger partial charge in [-0.1, -0.05) is 6.07 Å². The highest BCUT2D eigenvalue weighted by Crippen LogP contribution is 2.30. The Kier molecular flexibility index (Phi) is 6.71. The number of anilines is 1. The van der Waals surface area contributed by atoms with Gasteiger partial charge in [0.15, 0.2) is 11.6 Å². The van der Waals surface area contributed by atoms with E-state index in [-0.39, 0.29) is 12.0 Å². The first-order chi connectivity index (χ1) is 14.8. The number of ketones is 1. The molecule has 0 saturated carbocycles. The second-order valence-electron chi connectivity index (χ2n) is 6.44. The third-order valence-electron chi connectivity index (χ3n) is 4.37. The Morgan fingerprint density at radius 1 is 1.06 bits per heavy atom. The van der Waals surface area contributed by atoms with Crippen molar-refractivity contribution >= 4 is 21.5 Å². The van der Waals surface area contributed by atoms with Crippen molar-refractivity contribution in [3.8, 4) is 0 Å². The maximum atomic E-state index is 15.3. The maximum Gasteiger partial charge on any atom is 0.269 e. The predicted octanol–water partition coefficient (Wildman–Crippen LogP) is 3.72. The average Bonchev–Trinajstić information content (AvgIpc) is 2.74. The van der Waals surface area contributed by atoms with Gasteiger partial charge in [-0.2, -0.15) is 0 Å². The van der Waals surface area contributed by atoms with Crippen molar-refractivity contribution in [2.24, 2.45) is 0 Å². The fourth-order valence-corrected chi connectivity index (χ4v) is 4.35. The van der Waals surface area contributed by atoms with Gasteiger partial charge in [0, 0.05) is 25.9 Å². The quantitative estimate of drug-likeness (QED) is 0.386. The molecule has 0 aliphatic rings. The number of carbonyl (C=O) groups excluding carboxylic acids is 1. The van der Waals surface area contributed by atoms with Gasteiger partial charge < -0.3 is 4.74 Å². The van der Waals surface area contributed by atoms with E-state index in [1.165, 1.54) is 24.5 Å². The lowest BCUT2D eigenvalue weighted by atomic mass is 10.0. The topological polar surface area (TPSA) is 76.6 Å². The molecular weight excluding hydrogens is 433 g/mol. The monoisotopic (exact) mass is 450 g/mol. The van der Waals surface area contributed by atoms with Crippen LogP contribution in [0.5, 0.6) is 0 Å². The molecule has 0 bridgehead atoms. The summed E-state index contributed by atoms with van der Waals surface area (Å²) in [5.41, 5.74) is -0.301. The van der Waals surface area contributed by atoms with Gasteiger partial charge in [0.1, 0.15) is 23.3 Å². The molecule has 0 fully saturated rings. The van der Waals surface area contributed by atoms with Crippen molar-refractivity contribution in [1.29, 1.82) is 0 Å². The van der Waals surface area contributed by atoms with E-state index >= 15 is 4.39 Å². The number of Topliss-reactive ketones (excluding diaryl/α,β-unsaturated/α-hetero) is 1. The zero-order valence-corrected chi connectivity index (χ0v) is 17.1. The highest BCUT2D eigenvalue weighted by atomic mass is 32.2. The summed E-state index contributed by atoms with van der Waals surface area (Å²) in [4.78, 5) is 15.5. The third-order valence-corrected chi connectivity index (χ3v) is 6.12. The van der Waals surface area contributed by atoms with E-state index in [2.05, 4.69) is 4.98 Å². The van der Waals surface area contributed by atoms with Crippen LogP contribution in [0.3, 0.4) is 0 Å². The number of hydrogen-bond acceptors (Lipinski definition) is 5. The van der Waals surface area contributed by atoms with Crippen LogP contribution in [0.4, 0.5) is 18.9 Å². The van der Waals surface area contributed by atoms with Crippen LogP contribution in [-0.2, 0) is 21.2 Å². The number of halogens is 3. The number of rotatable bonds is 8. The van der Waals surface area contributed by atoms with Crippen molar-refractivity contribution in [1.82, 2.24) is 4.98 Å². The molecule has 0 aliphatic heterocycles. The van der Waals surface area contributed by atoms with E-state index in [1.807, 2.05) is 0 Å². The average molecular weight is 450 g/mol. The van der Waals surface area contributed by atoms with Crippen LogP contribution in [0.2, 0.25) is 0 Å². The fraction of sp³-hybridized carbons (Fsp3) is 0.143. The molecule has 0 aliphatic carbocycles. The van der Waals surface area contributed by atoms with E-state index in [1.54, 1.807) is 12.1 Å². The van der Waals surface area contributed by atoms with Crippen LogP contribution in [0.25, 0.3) is 0 Å². The first-order valence-electron chi connectivity index (χ1n) is 8.93. The molecule has 0 unspecified atom stereocenters. The predicted molar refractivity (Wildman–Crippen MR) is 107 cm³/mol. The van der Waals surface area contributed by atoms with Gasteiger partial charge in [0.05, 0.1) is 11.3 Å². The van der Waals surface area contributed by atoms with Crippen LogP contribution >= 0.6 is 0 Å². The van der Waals surface area contributed by atoms with Crippen molar-refractivity contribution in [3.63, 3.8) is 0 Å². The van der Waals surface area contributed by atoms with Crippen LogP contribution in [0, 0.1) is 17.5 Å². The normalized spacial score (nSPS) is 11.4. The number of carbonyl (C=O) groups is 1. The minimum absolute atomic E-state index is 0.140. The highest BCUT2D eigenvalue weighted by molar-refractivity contribution is 7.92. The molecule has 31 heavy (non-hydrogen) atoms. The van der Waals surface area contributed by atoms with Crippen LogP contribution in [0.1, 0.15) is 15.9 Å². The SMILES string of the molecule is COCN(c1cccc(C(=O)Cc2ccncc2)c1F)S(=O)(=O)c1cc(F)ccc1F. The molecule has 3 rings (SSSR count). The summed E-state index contributed by atoms with van der Waals surface area (Å²) in [6, 6.07) is 8.69. The first-order valence-corrected chi connectivity index (χ1v) is 10.4. The molecule has 10 heteroatoms. The van der Waals surface area contributed by atoms with Crippen molar-refractivity contribution < 1.29 is 31.1 Å². The minimum Gasteiger partial charge on any atom is -0.363 e. The molecule has 0 radical (unpaired) electrons. The Morgan fingerprint density at radius 2 is 1.77 bits per heavy atom. The van der Waals surface area contributed by atoms with Crippen molar-refractivity contribution in [3.05, 3.63) is 89.5 Å². The van der Waals surface area contributed by atoms with Crippen LogP contribution in [-0.4, -0.2) is 33.0 Å². The molecule has 1 heterocycles. The standard InChI is InChI=1S/C21H17F3N2O4S/c1-30-13-26(31(28,29)20-12-15(22)5-6-17(20)23)18-4-2-3-16(21(18)24)19(27)11-14-7-9-25-10-8-14/h2-10,12H,11,13H2,1H3. The lowest BCUT2D eigenvalue weighted by Gasteiger charge is -2.24. The molecule has 0 saturated heterocycles. The summed E-state index contributed by atoms with van der Waals surface area (Å²) >= 11 is 0. The summed E-state index contributed by atoms with van der Waals surface area (Å²) in [5, 5.41) is 0. The second kappa shape index (κ2) is 9.27. The minimum atomic E-state index is -4.76. The van der Waals surface area contributed by atoms with E-state index in [0.29, 0.717) is 22.0 Å². The second-order valence-corrected chi connectivity index (χ2v) is 8.27. The summed E-state index contributed by atoms with van der Waals surface area (Å²) in [6.45, 7) is -0.697. The van der Waals surface area contributed by atoms with Crippen molar-refractivity contribution in [2.45, 2.75) is 11.3 Å². The Labute approximate surface area is 177 Å². The highest BCUT2D eigenvalue weighted by Gasteiger charge is 2.31. The molecule has 0 amide bonds. The number of methoxy groups -OCH3 is 1. The van der Waals surface area contributed by atoms with Crippen LogP contribution < -0.4 is 4.31 Å². The number of pyridine rings is 1. The molecule has 1 aromatic heterocycles. The van der Waals surface area contributed by atoms with Gasteiger partial charge in [-0.15, -0.1) is 0 Å². The van der Waals surface area contributed by atoms with E-state index in [0.717, 1.165) is 19.2 Å². The molecule has 3 aromatic rings. The third kappa shape index (κ3) is 4.75. The molecule has 162 valence electrons. The van der Waals surface area contributed by atoms with Gasteiger partial charge in [-0.3, -0.25) is 9.78 Å². The maximum absolute atomic E-state index is 15.3. The molecule has 0 N–H and O–H groups in total. The summed E-state index contributed by atoms with van der Waals surface area (Å²) < 4.78 is 74.3. The molecular formula is C21H17F3N2O4S. The van der Waals surface area contributed by atoms with Gasteiger partial charge >= 0.3 is 0 Å². The lowest BCUT2D eigenvalue weighted by molar-refractivity contribution is 0.0989.